The molecule has 4 atom stereocenters. The zero-order chi connectivity index (χ0) is 25.9. The molecule has 0 aromatic carbocycles. The van der Waals surface area contributed by atoms with E-state index in [1.807, 2.05) is 0 Å². The van der Waals surface area contributed by atoms with Crippen molar-refractivity contribution in [3.8, 4) is 0 Å². The maximum Gasteiger partial charge on any atom is 0.326 e. The zero-order valence-corrected chi connectivity index (χ0v) is 19.2. The van der Waals surface area contributed by atoms with E-state index in [0.29, 0.717) is 0 Å². The molecule has 3 amide bonds. The van der Waals surface area contributed by atoms with Gasteiger partial charge in [-0.15, -0.1) is 0 Å². The van der Waals surface area contributed by atoms with Gasteiger partial charge in [-0.3, -0.25) is 24.0 Å². The Kier molecular flexibility index (Phi) is 12.7. The summed E-state index contributed by atoms with van der Waals surface area (Å²) in [5.74, 6) is -7.15. The average Bonchev–Trinajstić information content (AvgIpc) is 2.67. The molecular weight excluding hydrogens is 440 g/mol. The number of nitrogens with two attached hydrogens (primary N) is 1. The molecule has 0 aliphatic heterocycles. The summed E-state index contributed by atoms with van der Waals surface area (Å²) in [6.45, 7) is 6.79. The van der Waals surface area contributed by atoms with Crippen LogP contribution in [0.4, 0.5) is 0 Å². The molecule has 13 nitrogen and oxygen atoms in total. The molecule has 188 valence electrons. The molecule has 0 saturated heterocycles. The summed E-state index contributed by atoms with van der Waals surface area (Å²) in [5.41, 5.74) is 5.72. The summed E-state index contributed by atoms with van der Waals surface area (Å²) in [6, 6.07) is -5.37. The van der Waals surface area contributed by atoms with Crippen molar-refractivity contribution in [3.63, 3.8) is 0 Å². The normalized spacial score (nSPS) is 14.6. The van der Waals surface area contributed by atoms with E-state index in [2.05, 4.69) is 16.0 Å². The van der Waals surface area contributed by atoms with Crippen molar-refractivity contribution in [1.82, 2.24) is 16.0 Å². The Labute approximate surface area is 191 Å². The maximum absolute atomic E-state index is 12.7. The van der Waals surface area contributed by atoms with Crippen molar-refractivity contribution in [2.45, 2.75) is 77.5 Å². The number of carbonyl (C=O) groups excluding carboxylic acids is 3. The first-order valence-electron chi connectivity index (χ1n) is 10.5. The van der Waals surface area contributed by atoms with Crippen molar-refractivity contribution in [2.24, 2.45) is 17.6 Å². The molecule has 0 aliphatic rings. The Morgan fingerprint density at radius 2 is 1.21 bits per heavy atom. The van der Waals surface area contributed by atoms with E-state index in [-0.39, 0.29) is 24.7 Å². The van der Waals surface area contributed by atoms with Gasteiger partial charge in [-0.1, -0.05) is 27.7 Å². The molecule has 0 aliphatic carbocycles. The molecule has 0 radical (unpaired) electrons. The van der Waals surface area contributed by atoms with Gasteiger partial charge in [-0.2, -0.15) is 0 Å². The summed E-state index contributed by atoms with van der Waals surface area (Å²) in [6.07, 6.45) is -1.65. The van der Waals surface area contributed by atoms with Crippen LogP contribution in [0.15, 0.2) is 0 Å². The lowest BCUT2D eigenvalue weighted by molar-refractivity contribution is -0.144. The maximum atomic E-state index is 12.7. The lowest BCUT2D eigenvalue weighted by atomic mass is 10.0. The molecule has 0 heterocycles. The molecule has 0 saturated carbocycles. The average molecular weight is 475 g/mol. The summed E-state index contributed by atoms with van der Waals surface area (Å²) in [5, 5.41) is 34.1. The predicted molar refractivity (Wildman–Crippen MR) is 115 cm³/mol. The number of aliphatic carboxylic acids is 3. The van der Waals surface area contributed by atoms with Gasteiger partial charge < -0.3 is 37.0 Å². The molecule has 8 N–H and O–H groups in total. The van der Waals surface area contributed by atoms with Gasteiger partial charge in [0.25, 0.3) is 0 Å². The van der Waals surface area contributed by atoms with Crippen molar-refractivity contribution in [3.05, 3.63) is 0 Å². The summed E-state index contributed by atoms with van der Waals surface area (Å²) in [7, 11) is 0. The van der Waals surface area contributed by atoms with Crippen molar-refractivity contribution < 1.29 is 44.1 Å². The van der Waals surface area contributed by atoms with Crippen LogP contribution in [-0.4, -0.2) is 75.1 Å². The number of amides is 3. The number of nitrogens with one attached hydrogen (secondary N) is 3. The van der Waals surface area contributed by atoms with Gasteiger partial charge >= 0.3 is 17.9 Å². The largest absolute Gasteiger partial charge is 0.481 e. The van der Waals surface area contributed by atoms with Crippen LogP contribution in [0.2, 0.25) is 0 Å². The van der Waals surface area contributed by atoms with E-state index in [0.717, 1.165) is 0 Å². The lowest BCUT2D eigenvalue weighted by Crippen LogP contribution is -2.58. The number of rotatable bonds is 15. The van der Waals surface area contributed by atoms with Crippen LogP contribution >= 0.6 is 0 Å². The smallest absolute Gasteiger partial charge is 0.326 e. The Morgan fingerprint density at radius 3 is 1.64 bits per heavy atom. The van der Waals surface area contributed by atoms with Crippen LogP contribution in [0.25, 0.3) is 0 Å². The van der Waals surface area contributed by atoms with Crippen LogP contribution < -0.4 is 21.7 Å². The van der Waals surface area contributed by atoms with E-state index >= 15 is 0 Å². The molecule has 0 aromatic rings. The molecule has 0 bridgehead atoms. The zero-order valence-electron chi connectivity index (χ0n) is 19.2. The molecule has 0 fully saturated rings. The highest BCUT2D eigenvalue weighted by Crippen LogP contribution is 2.08. The Morgan fingerprint density at radius 1 is 0.727 bits per heavy atom. The lowest BCUT2D eigenvalue weighted by Gasteiger charge is -2.25. The highest BCUT2D eigenvalue weighted by atomic mass is 16.4. The molecular formula is C20H34N4O9. The van der Waals surface area contributed by atoms with Crippen molar-refractivity contribution >= 4 is 35.6 Å². The third-order valence-electron chi connectivity index (χ3n) is 4.63. The molecule has 0 unspecified atom stereocenters. The fourth-order valence-corrected chi connectivity index (χ4v) is 2.73. The Hall–Kier alpha value is -3.22. The van der Waals surface area contributed by atoms with Gasteiger partial charge in [0.05, 0.1) is 12.5 Å². The summed E-state index contributed by atoms with van der Waals surface area (Å²) >= 11 is 0. The van der Waals surface area contributed by atoms with Gasteiger partial charge in [-0.25, -0.2) is 4.79 Å². The Balaban J connectivity index is 5.61. The van der Waals surface area contributed by atoms with Gasteiger partial charge in [0.1, 0.15) is 18.1 Å². The topological polar surface area (TPSA) is 225 Å². The van der Waals surface area contributed by atoms with Gasteiger partial charge in [0, 0.05) is 6.42 Å². The van der Waals surface area contributed by atoms with Crippen LogP contribution in [0, 0.1) is 11.8 Å². The van der Waals surface area contributed by atoms with E-state index in [1.54, 1.807) is 27.7 Å². The molecule has 13 heteroatoms. The molecule has 0 aromatic heterocycles. The minimum Gasteiger partial charge on any atom is -0.481 e. The second-order valence-electron chi connectivity index (χ2n) is 8.45. The SMILES string of the molecule is CC(C)C[C@H](NC(=O)[C@H](CCC(=O)O)NC(=O)[C@H](CC(=O)O)NC(=O)[C@@H](N)C(C)C)C(=O)O. The minimum atomic E-state index is -1.59. The number of hydrogen-bond acceptors (Lipinski definition) is 7. The fraction of sp³-hybridized carbons (Fsp3) is 0.700. The standard InChI is InChI=1S/C20H34N4O9/c1-9(2)7-13(20(32)33)24-17(29)11(5-6-14(25)26)22-18(30)12(8-15(27)28)23-19(31)16(21)10(3)4/h9-13,16H,5-8,21H2,1-4H3,(H,22,30)(H,23,31)(H,24,29)(H,25,26)(H,27,28)(H,32,33)/t11-,12-,13-,16-/m0/s1. The first kappa shape index (κ1) is 29.8. The highest BCUT2D eigenvalue weighted by Gasteiger charge is 2.32. The van der Waals surface area contributed by atoms with Gasteiger partial charge in [0.2, 0.25) is 17.7 Å². The van der Waals surface area contributed by atoms with Crippen molar-refractivity contribution in [2.75, 3.05) is 0 Å². The molecule has 0 spiro atoms. The second kappa shape index (κ2) is 14.0. The van der Waals surface area contributed by atoms with E-state index < -0.39 is 72.6 Å². The van der Waals surface area contributed by atoms with E-state index in [9.17, 15) is 33.9 Å². The van der Waals surface area contributed by atoms with Crippen LogP contribution in [0.5, 0.6) is 0 Å². The van der Waals surface area contributed by atoms with Crippen LogP contribution in [0.3, 0.4) is 0 Å². The Bertz CT molecular complexity index is 739. The predicted octanol–water partition coefficient (Wildman–Crippen LogP) is -1.11. The number of carboxylic acid groups (broad SMARTS) is 3. The number of carboxylic acids is 3. The number of hydrogen-bond donors (Lipinski definition) is 7. The summed E-state index contributed by atoms with van der Waals surface area (Å²) < 4.78 is 0. The summed E-state index contributed by atoms with van der Waals surface area (Å²) in [4.78, 5) is 71.1. The highest BCUT2D eigenvalue weighted by molar-refractivity contribution is 5.95. The molecule has 0 rings (SSSR count). The van der Waals surface area contributed by atoms with Crippen molar-refractivity contribution in [1.29, 1.82) is 0 Å². The van der Waals surface area contributed by atoms with Crippen LogP contribution in [-0.2, 0) is 28.8 Å². The second-order valence-corrected chi connectivity index (χ2v) is 8.45. The van der Waals surface area contributed by atoms with Gasteiger partial charge in [0.15, 0.2) is 0 Å². The third-order valence-corrected chi connectivity index (χ3v) is 4.63. The van der Waals surface area contributed by atoms with Gasteiger partial charge in [-0.05, 0) is 24.7 Å². The minimum absolute atomic E-state index is 0.0845. The fourth-order valence-electron chi connectivity index (χ4n) is 2.73. The van der Waals surface area contributed by atoms with E-state index in [1.165, 1.54) is 0 Å². The quantitative estimate of drug-likeness (QED) is 0.151. The van der Waals surface area contributed by atoms with Crippen LogP contribution in [0.1, 0.15) is 53.4 Å². The number of carbonyl (C=O) groups is 6. The molecule has 33 heavy (non-hydrogen) atoms. The first-order chi connectivity index (χ1) is 15.1. The third kappa shape index (κ3) is 11.8. The first-order valence-corrected chi connectivity index (χ1v) is 10.5. The monoisotopic (exact) mass is 474 g/mol. The van der Waals surface area contributed by atoms with E-state index in [4.69, 9.17) is 15.9 Å².